The second-order valence-corrected chi connectivity index (χ2v) is 7.91. The monoisotopic (exact) mass is 250 g/mol. The third kappa shape index (κ3) is 3.60. The van der Waals surface area contributed by atoms with Crippen molar-refractivity contribution >= 4 is 13.1 Å². The predicted molar refractivity (Wildman–Crippen MR) is 65.4 cm³/mol. The fraction of sp³-hybridized carbons (Fsp3) is 0.909. The third-order valence-corrected chi connectivity index (χ3v) is 6.80. The van der Waals surface area contributed by atoms with E-state index in [-0.39, 0.29) is 0 Å². The van der Waals surface area contributed by atoms with Crippen LogP contribution in [-0.4, -0.2) is 33.8 Å². The molecule has 0 saturated carbocycles. The Morgan fingerprint density at radius 1 is 1.19 bits per heavy atom. The molecule has 0 aliphatic rings. The summed E-state index contributed by atoms with van der Waals surface area (Å²) < 4.78 is 12.6. The SMILES string of the molecule is CCCCP(=O)(CCCC)C(C)(O)C(=O)O. The Labute approximate surface area is 97.4 Å². The number of rotatable bonds is 8. The van der Waals surface area contributed by atoms with E-state index >= 15 is 0 Å². The number of hydrogen-bond donors (Lipinski definition) is 2. The molecule has 1 atom stereocenters. The van der Waals surface area contributed by atoms with Crippen molar-refractivity contribution in [2.24, 2.45) is 0 Å². The van der Waals surface area contributed by atoms with E-state index in [0.29, 0.717) is 25.2 Å². The number of aliphatic hydroxyl groups is 1. The van der Waals surface area contributed by atoms with Gasteiger partial charge >= 0.3 is 5.97 Å². The fourth-order valence-corrected chi connectivity index (χ4v) is 4.65. The van der Waals surface area contributed by atoms with Gasteiger partial charge < -0.3 is 14.8 Å². The molecule has 4 nitrogen and oxygen atoms in total. The van der Waals surface area contributed by atoms with E-state index in [2.05, 4.69) is 0 Å². The lowest BCUT2D eigenvalue weighted by atomic mass is 10.4. The van der Waals surface area contributed by atoms with Crippen LogP contribution in [0.4, 0.5) is 0 Å². The number of unbranched alkanes of at least 4 members (excludes halogenated alkanes) is 2. The first-order chi connectivity index (χ1) is 7.31. The molecule has 0 aromatic carbocycles. The largest absolute Gasteiger partial charge is 0.479 e. The minimum absolute atomic E-state index is 0.322. The van der Waals surface area contributed by atoms with Crippen molar-refractivity contribution in [1.82, 2.24) is 0 Å². The van der Waals surface area contributed by atoms with Gasteiger partial charge in [-0.2, -0.15) is 0 Å². The first-order valence-corrected chi connectivity index (χ1v) is 7.93. The maximum atomic E-state index is 12.6. The molecule has 0 amide bonds. The van der Waals surface area contributed by atoms with Crippen molar-refractivity contribution in [3.63, 3.8) is 0 Å². The van der Waals surface area contributed by atoms with Crippen molar-refractivity contribution in [3.8, 4) is 0 Å². The van der Waals surface area contributed by atoms with Crippen LogP contribution in [0, 0.1) is 0 Å². The first kappa shape index (κ1) is 15.7. The summed E-state index contributed by atoms with van der Waals surface area (Å²) in [7, 11) is -3.06. The second-order valence-electron chi connectivity index (χ2n) is 4.37. The fourth-order valence-electron chi connectivity index (χ4n) is 1.55. The van der Waals surface area contributed by atoms with Crippen LogP contribution in [0.5, 0.6) is 0 Å². The zero-order valence-electron chi connectivity index (χ0n) is 10.4. The van der Waals surface area contributed by atoms with Crippen LogP contribution in [0.1, 0.15) is 46.5 Å². The van der Waals surface area contributed by atoms with Crippen molar-refractivity contribution in [1.29, 1.82) is 0 Å². The van der Waals surface area contributed by atoms with Crippen LogP contribution in [0.3, 0.4) is 0 Å². The molecule has 0 aromatic heterocycles. The highest BCUT2D eigenvalue weighted by molar-refractivity contribution is 7.66. The number of aliphatic carboxylic acids is 1. The van der Waals surface area contributed by atoms with E-state index in [9.17, 15) is 14.5 Å². The molecular weight excluding hydrogens is 227 g/mol. The van der Waals surface area contributed by atoms with Crippen LogP contribution in [0.15, 0.2) is 0 Å². The van der Waals surface area contributed by atoms with E-state index in [1.54, 1.807) is 0 Å². The zero-order valence-corrected chi connectivity index (χ0v) is 11.3. The molecule has 0 aliphatic carbocycles. The van der Waals surface area contributed by atoms with Gasteiger partial charge in [0.15, 0.2) is 0 Å². The average molecular weight is 250 g/mol. The lowest BCUT2D eigenvalue weighted by molar-refractivity contribution is -0.149. The van der Waals surface area contributed by atoms with Crippen molar-refractivity contribution in [3.05, 3.63) is 0 Å². The summed E-state index contributed by atoms with van der Waals surface area (Å²) in [4.78, 5) is 11.0. The second kappa shape index (κ2) is 6.41. The van der Waals surface area contributed by atoms with Crippen LogP contribution < -0.4 is 0 Å². The number of carbonyl (C=O) groups is 1. The molecular formula is C11H23O4P. The predicted octanol–water partition coefficient (Wildman–Crippen LogP) is 2.74. The summed E-state index contributed by atoms with van der Waals surface area (Å²) >= 11 is 0. The number of hydrogen-bond acceptors (Lipinski definition) is 3. The molecule has 0 rings (SSSR count). The van der Waals surface area contributed by atoms with Gasteiger partial charge in [-0.25, -0.2) is 4.79 Å². The number of carboxylic acids is 1. The molecule has 0 heterocycles. The molecule has 16 heavy (non-hydrogen) atoms. The Balaban J connectivity index is 4.90. The van der Waals surface area contributed by atoms with E-state index in [1.165, 1.54) is 6.92 Å². The van der Waals surface area contributed by atoms with Gasteiger partial charge in [-0.05, 0) is 19.8 Å². The maximum Gasteiger partial charge on any atom is 0.343 e. The molecule has 0 saturated heterocycles. The Bertz CT molecular complexity index is 261. The van der Waals surface area contributed by atoms with E-state index in [0.717, 1.165) is 12.8 Å². The standard InChI is InChI=1S/C11H23O4P/c1-4-6-8-16(15,9-7-5-2)11(3,14)10(12)13/h14H,4-9H2,1-3H3,(H,12,13). The lowest BCUT2D eigenvalue weighted by Gasteiger charge is -2.29. The summed E-state index contributed by atoms with van der Waals surface area (Å²) in [6.07, 6.45) is 3.75. The molecule has 5 heteroatoms. The minimum Gasteiger partial charge on any atom is -0.479 e. The van der Waals surface area contributed by atoms with Crippen molar-refractivity contribution in [2.75, 3.05) is 12.3 Å². The van der Waals surface area contributed by atoms with Crippen LogP contribution in [-0.2, 0) is 9.36 Å². The lowest BCUT2D eigenvalue weighted by Crippen LogP contribution is -2.36. The molecule has 1 unspecified atom stereocenters. The van der Waals surface area contributed by atoms with E-state index < -0.39 is 18.5 Å². The number of carboxylic acid groups (broad SMARTS) is 1. The smallest absolute Gasteiger partial charge is 0.343 e. The highest BCUT2D eigenvalue weighted by Gasteiger charge is 2.47. The third-order valence-electron chi connectivity index (χ3n) is 2.94. The maximum absolute atomic E-state index is 12.6. The van der Waals surface area contributed by atoms with Gasteiger partial charge in [0.1, 0.15) is 7.14 Å². The van der Waals surface area contributed by atoms with E-state index in [4.69, 9.17) is 5.11 Å². The molecule has 0 aliphatic heterocycles. The molecule has 0 spiro atoms. The highest BCUT2D eigenvalue weighted by atomic mass is 31.2. The molecule has 0 bridgehead atoms. The first-order valence-electron chi connectivity index (χ1n) is 5.85. The van der Waals surface area contributed by atoms with Crippen LogP contribution in [0.25, 0.3) is 0 Å². The zero-order chi connectivity index (χ0) is 12.8. The Morgan fingerprint density at radius 2 is 1.56 bits per heavy atom. The summed E-state index contributed by atoms with van der Waals surface area (Å²) in [5.41, 5.74) is 0. The Morgan fingerprint density at radius 3 is 1.81 bits per heavy atom. The van der Waals surface area contributed by atoms with Gasteiger partial charge in [-0.1, -0.05) is 26.7 Å². The van der Waals surface area contributed by atoms with E-state index in [1.807, 2.05) is 13.8 Å². The quantitative estimate of drug-likeness (QED) is 0.649. The van der Waals surface area contributed by atoms with Gasteiger partial charge in [0.2, 0.25) is 5.34 Å². The van der Waals surface area contributed by atoms with Crippen LogP contribution in [0.2, 0.25) is 0 Å². The average Bonchev–Trinajstić information content (AvgIpc) is 2.23. The van der Waals surface area contributed by atoms with Crippen LogP contribution >= 0.6 is 7.14 Å². The molecule has 96 valence electrons. The summed E-state index contributed by atoms with van der Waals surface area (Å²) in [6.45, 7) is 5.08. The van der Waals surface area contributed by atoms with Gasteiger partial charge in [-0.3, -0.25) is 0 Å². The molecule has 0 fully saturated rings. The topological polar surface area (TPSA) is 74.6 Å². The summed E-state index contributed by atoms with van der Waals surface area (Å²) in [5.74, 6) is -1.37. The highest BCUT2D eigenvalue weighted by Crippen LogP contribution is 2.57. The Hall–Kier alpha value is -0.340. The van der Waals surface area contributed by atoms with Gasteiger partial charge in [0, 0.05) is 12.3 Å². The summed E-state index contributed by atoms with van der Waals surface area (Å²) in [6, 6.07) is 0. The molecule has 0 aromatic rings. The van der Waals surface area contributed by atoms with Crippen molar-refractivity contribution in [2.45, 2.75) is 51.8 Å². The van der Waals surface area contributed by atoms with Gasteiger partial charge in [0.05, 0.1) is 0 Å². The minimum atomic E-state index is -3.06. The Kier molecular flexibility index (Phi) is 6.27. The van der Waals surface area contributed by atoms with Crippen molar-refractivity contribution < 1.29 is 19.6 Å². The normalized spacial score (nSPS) is 15.8. The van der Waals surface area contributed by atoms with Gasteiger partial charge in [-0.15, -0.1) is 0 Å². The van der Waals surface area contributed by atoms with Gasteiger partial charge in [0.25, 0.3) is 0 Å². The summed E-state index contributed by atoms with van der Waals surface area (Å²) in [5, 5.41) is 16.8. The molecule has 2 N–H and O–H groups in total. The molecule has 0 radical (unpaired) electrons.